The quantitative estimate of drug-likeness (QED) is 0.599. The van der Waals surface area contributed by atoms with Gasteiger partial charge < -0.3 is 4.90 Å². The SMILES string of the molecule is CCN1\C(=C/C=C/C=C/C=C/c2cccc3c2N=CC3)Cc2ccccc21. The second kappa shape index (κ2) is 8.05. The van der Waals surface area contributed by atoms with Gasteiger partial charge in [-0.3, -0.25) is 4.99 Å². The van der Waals surface area contributed by atoms with Gasteiger partial charge in [-0.05, 0) is 30.2 Å². The molecule has 0 N–H and O–H groups in total. The Morgan fingerprint density at radius 2 is 1.74 bits per heavy atom. The third-order valence-electron chi connectivity index (χ3n) is 5.01. The van der Waals surface area contributed by atoms with Crippen molar-refractivity contribution in [3.63, 3.8) is 0 Å². The Morgan fingerprint density at radius 3 is 2.67 bits per heavy atom. The summed E-state index contributed by atoms with van der Waals surface area (Å²) in [5.41, 5.74) is 7.72. The lowest BCUT2D eigenvalue weighted by molar-refractivity contribution is 0.967. The Hall–Kier alpha value is -3.13. The molecule has 2 aliphatic rings. The summed E-state index contributed by atoms with van der Waals surface area (Å²) in [5.74, 6) is 0. The number of allylic oxidation sites excluding steroid dienone is 7. The zero-order chi connectivity index (χ0) is 18.5. The van der Waals surface area contributed by atoms with E-state index < -0.39 is 0 Å². The van der Waals surface area contributed by atoms with Crippen LogP contribution in [-0.2, 0) is 12.8 Å². The van der Waals surface area contributed by atoms with Crippen molar-refractivity contribution in [3.05, 3.63) is 101 Å². The number of rotatable bonds is 5. The molecule has 0 aromatic heterocycles. The van der Waals surface area contributed by atoms with Crippen LogP contribution in [0.5, 0.6) is 0 Å². The number of hydrogen-bond donors (Lipinski definition) is 0. The average Bonchev–Trinajstić information content (AvgIpc) is 3.31. The third-order valence-corrected chi connectivity index (χ3v) is 5.01. The van der Waals surface area contributed by atoms with Gasteiger partial charge in [0, 0.05) is 42.5 Å². The molecule has 0 saturated carbocycles. The summed E-state index contributed by atoms with van der Waals surface area (Å²) in [5, 5.41) is 0. The molecule has 0 radical (unpaired) electrons. The lowest BCUT2D eigenvalue weighted by atomic mass is 10.1. The molecule has 0 aliphatic carbocycles. The molecule has 0 fully saturated rings. The van der Waals surface area contributed by atoms with Crippen molar-refractivity contribution in [1.29, 1.82) is 0 Å². The summed E-state index contributed by atoms with van der Waals surface area (Å²) in [6, 6.07) is 15.0. The van der Waals surface area contributed by atoms with Crippen molar-refractivity contribution >= 4 is 23.7 Å². The summed E-state index contributed by atoms with van der Waals surface area (Å²) < 4.78 is 0. The van der Waals surface area contributed by atoms with Crippen LogP contribution >= 0.6 is 0 Å². The van der Waals surface area contributed by atoms with E-state index >= 15 is 0 Å². The zero-order valence-electron chi connectivity index (χ0n) is 15.7. The van der Waals surface area contributed by atoms with Crippen molar-refractivity contribution in [2.45, 2.75) is 19.8 Å². The maximum absolute atomic E-state index is 4.48. The molecule has 2 heterocycles. The van der Waals surface area contributed by atoms with E-state index in [0.717, 1.165) is 25.1 Å². The van der Waals surface area contributed by atoms with E-state index in [1.54, 1.807) is 0 Å². The summed E-state index contributed by atoms with van der Waals surface area (Å²) >= 11 is 0. The lowest BCUT2D eigenvalue weighted by Crippen LogP contribution is -2.17. The minimum absolute atomic E-state index is 0.947. The summed E-state index contributed by atoms with van der Waals surface area (Å²) in [6.07, 6.45) is 18.7. The van der Waals surface area contributed by atoms with Crippen LogP contribution in [0.2, 0.25) is 0 Å². The van der Waals surface area contributed by atoms with Crippen LogP contribution in [0.3, 0.4) is 0 Å². The Bertz CT molecular complexity index is 974. The maximum atomic E-state index is 4.48. The van der Waals surface area contributed by atoms with Crippen LogP contribution in [0.1, 0.15) is 23.6 Å². The highest BCUT2D eigenvalue weighted by molar-refractivity contribution is 5.81. The molecular weight excluding hydrogens is 328 g/mol. The van der Waals surface area contributed by atoms with Crippen molar-refractivity contribution in [2.75, 3.05) is 11.4 Å². The predicted molar refractivity (Wildman–Crippen MR) is 117 cm³/mol. The predicted octanol–water partition coefficient (Wildman–Crippen LogP) is 6.04. The highest BCUT2D eigenvalue weighted by atomic mass is 15.2. The van der Waals surface area contributed by atoms with E-state index in [9.17, 15) is 0 Å². The standard InChI is InChI=1S/C25H24N2/c1-2-27-23(19-22-12-8-9-16-24(22)27)15-7-5-3-4-6-11-20-13-10-14-21-17-18-26-25(20)21/h3-16,18H,2,17,19H2,1H3/b4-3+,7-5+,11-6+,23-15-. The molecule has 2 nitrogen and oxygen atoms in total. The van der Waals surface area contributed by atoms with Crippen LogP contribution in [-0.4, -0.2) is 12.8 Å². The van der Waals surface area contributed by atoms with Gasteiger partial charge in [-0.25, -0.2) is 0 Å². The van der Waals surface area contributed by atoms with Gasteiger partial charge in [0.1, 0.15) is 0 Å². The first-order chi connectivity index (χ1) is 13.4. The Labute approximate surface area is 161 Å². The van der Waals surface area contributed by atoms with Crippen LogP contribution in [0, 0.1) is 0 Å². The highest BCUT2D eigenvalue weighted by Crippen LogP contribution is 2.33. The fraction of sp³-hybridized carbons (Fsp3) is 0.160. The van der Waals surface area contributed by atoms with Gasteiger partial charge in [0.05, 0.1) is 5.69 Å². The second-order valence-corrected chi connectivity index (χ2v) is 6.71. The number of para-hydroxylation sites is 2. The van der Waals surface area contributed by atoms with Gasteiger partial charge in [-0.15, -0.1) is 0 Å². The van der Waals surface area contributed by atoms with Crippen molar-refractivity contribution in [2.24, 2.45) is 4.99 Å². The first kappa shape index (κ1) is 17.3. The molecule has 0 amide bonds. The van der Waals surface area contributed by atoms with E-state index in [2.05, 4.69) is 102 Å². The molecule has 134 valence electrons. The first-order valence-electron chi connectivity index (χ1n) is 9.57. The topological polar surface area (TPSA) is 15.6 Å². The molecule has 4 rings (SSSR count). The Kier molecular flexibility index (Phi) is 5.15. The molecule has 0 bridgehead atoms. The molecule has 0 atom stereocenters. The molecule has 2 aromatic carbocycles. The van der Waals surface area contributed by atoms with Crippen LogP contribution < -0.4 is 4.90 Å². The van der Waals surface area contributed by atoms with Crippen molar-refractivity contribution < 1.29 is 0 Å². The number of benzene rings is 2. The minimum Gasteiger partial charge on any atom is -0.345 e. The van der Waals surface area contributed by atoms with E-state index in [1.165, 1.54) is 28.1 Å². The number of nitrogens with zero attached hydrogens (tertiary/aromatic N) is 2. The number of likely N-dealkylation sites (N-methyl/N-ethyl adjacent to an activating group) is 1. The Balaban J connectivity index is 1.38. The van der Waals surface area contributed by atoms with Crippen molar-refractivity contribution in [3.8, 4) is 0 Å². The fourth-order valence-electron chi connectivity index (χ4n) is 3.71. The average molecular weight is 352 g/mol. The summed E-state index contributed by atoms with van der Waals surface area (Å²) in [6.45, 7) is 3.20. The molecule has 0 unspecified atom stereocenters. The minimum atomic E-state index is 0.947. The molecule has 0 saturated heterocycles. The smallest absolute Gasteiger partial charge is 0.0733 e. The number of anilines is 1. The van der Waals surface area contributed by atoms with Gasteiger partial charge >= 0.3 is 0 Å². The van der Waals surface area contributed by atoms with E-state index in [4.69, 9.17) is 0 Å². The van der Waals surface area contributed by atoms with E-state index in [1.807, 2.05) is 6.21 Å². The number of hydrogen-bond acceptors (Lipinski definition) is 2. The normalized spacial score (nSPS) is 17.1. The van der Waals surface area contributed by atoms with Gasteiger partial charge in [-0.2, -0.15) is 0 Å². The zero-order valence-corrected chi connectivity index (χ0v) is 15.7. The Morgan fingerprint density at radius 1 is 0.926 bits per heavy atom. The monoisotopic (exact) mass is 352 g/mol. The second-order valence-electron chi connectivity index (χ2n) is 6.71. The fourth-order valence-corrected chi connectivity index (χ4v) is 3.71. The van der Waals surface area contributed by atoms with Gasteiger partial charge in [0.15, 0.2) is 0 Å². The van der Waals surface area contributed by atoms with Crippen molar-refractivity contribution in [1.82, 2.24) is 0 Å². The molecule has 2 aromatic rings. The number of aliphatic imine (C=N–C) groups is 1. The van der Waals surface area contributed by atoms with Crippen LogP contribution in [0.15, 0.2) is 89.6 Å². The number of fused-ring (bicyclic) bond motifs is 2. The molecule has 2 heteroatoms. The van der Waals surface area contributed by atoms with Gasteiger partial charge in [-0.1, -0.05) is 72.9 Å². The maximum Gasteiger partial charge on any atom is 0.0733 e. The van der Waals surface area contributed by atoms with E-state index in [0.29, 0.717) is 0 Å². The largest absolute Gasteiger partial charge is 0.345 e. The first-order valence-corrected chi connectivity index (χ1v) is 9.57. The van der Waals surface area contributed by atoms with Gasteiger partial charge in [0.25, 0.3) is 0 Å². The molecule has 0 spiro atoms. The highest BCUT2D eigenvalue weighted by Gasteiger charge is 2.21. The molecule has 2 aliphatic heterocycles. The lowest BCUT2D eigenvalue weighted by Gasteiger charge is -2.18. The molecule has 27 heavy (non-hydrogen) atoms. The molecular formula is C25H24N2. The van der Waals surface area contributed by atoms with Gasteiger partial charge in [0.2, 0.25) is 0 Å². The summed E-state index contributed by atoms with van der Waals surface area (Å²) in [7, 11) is 0. The third kappa shape index (κ3) is 3.70. The van der Waals surface area contributed by atoms with E-state index in [-0.39, 0.29) is 0 Å². The summed E-state index contributed by atoms with van der Waals surface area (Å²) in [4.78, 5) is 6.87. The van der Waals surface area contributed by atoms with Crippen LogP contribution in [0.4, 0.5) is 11.4 Å². The van der Waals surface area contributed by atoms with Crippen LogP contribution in [0.25, 0.3) is 6.08 Å².